The van der Waals surface area contributed by atoms with Crippen molar-refractivity contribution in [3.05, 3.63) is 53.3 Å². The molecule has 0 aliphatic carbocycles. The molecule has 2 aromatic carbocycles. The first-order valence-corrected chi connectivity index (χ1v) is 5.93. The lowest BCUT2D eigenvalue weighted by molar-refractivity contribution is 0.102. The number of halogens is 1. The summed E-state index contributed by atoms with van der Waals surface area (Å²) in [6, 6.07) is 9.92. The number of ether oxygens (including phenoxy) is 1. The van der Waals surface area contributed by atoms with E-state index in [9.17, 15) is 14.3 Å². The second-order valence-electron chi connectivity index (χ2n) is 4.11. The second-order valence-corrected chi connectivity index (χ2v) is 4.11. The monoisotopic (exact) mass is 286 g/mol. The number of phenols is 1. The third-order valence-electron chi connectivity index (χ3n) is 2.80. The summed E-state index contributed by atoms with van der Waals surface area (Å²) in [6.07, 6.45) is 0. The van der Waals surface area contributed by atoms with Gasteiger partial charge in [-0.15, -0.1) is 0 Å². The van der Waals surface area contributed by atoms with Crippen LogP contribution in [0.3, 0.4) is 0 Å². The summed E-state index contributed by atoms with van der Waals surface area (Å²) in [5, 5.41) is 20.8. The fourth-order valence-corrected chi connectivity index (χ4v) is 1.79. The van der Waals surface area contributed by atoms with Crippen LogP contribution in [0.4, 0.5) is 10.1 Å². The van der Waals surface area contributed by atoms with E-state index in [1.807, 2.05) is 6.07 Å². The van der Waals surface area contributed by atoms with Crippen molar-refractivity contribution in [2.24, 2.45) is 0 Å². The summed E-state index contributed by atoms with van der Waals surface area (Å²) in [5.74, 6) is -1.84. The molecule has 0 heterocycles. The summed E-state index contributed by atoms with van der Waals surface area (Å²) in [4.78, 5) is 12.0. The predicted octanol–water partition coefficient (Wildman–Crippen LogP) is 2.66. The van der Waals surface area contributed by atoms with Crippen molar-refractivity contribution in [1.82, 2.24) is 0 Å². The molecular formula is C15H11FN2O3. The Hall–Kier alpha value is -3.07. The zero-order chi connectivity index (χ0) is 15.4. The van der Waals surface area contributed by atoms with Gasteiger partial charge in [-0.3, -0.25) is 4.79 Å². The number of carbonyl (C=O) groups is 1. The lowest BCUT2D eigenvalue weighted by atomic mass is 10.1. The molecule has 0 fully saturated rings. The molecule has 0 spiro atoms. The first-order valence-electron chi connectivity index (χ1n) is 5.93. The van der Waals surface area contributed by atoms with Gasteiger partial charge in [0.1, 0.15) is 22.9 Å². The van der Waals surface area contributed by atoms with Gasteiger partial charge >= 0.3 is 0 Å². The number of hydrogen-bond acceptors (Lipinski definition) is 4. The zero-order valence-electron chi connectivity index (χ0n) is 11.1. The van der Waals surface area contributed by atoms with E-state index < -0.39 is 23.0 Å². The number of aromatic hydroxyl groups is 1. The van der Waals surface area contributed by atoms with E-state index in [0.29, 0.717) is 5.56 Å². The standard InChI is InChI=1S/C15H11FN2O3/c1-21-13-7-9(8-17)5-6-11(13)18-15(20)14-10(16)3-2-4-12(14)19/h2-7,19H,1H3,(H,18,20). The first kappa shape index (κ1) is 14.3. The molecule has 0 saturated carbocycles. The van der Waals surface area contributed by atoms with Crippen LogP contribution in [0.15, 0.2) is 36.4 Å². The number of benzene rings is 2. The lowest BCUT2D eigenvalue weighted by Crippen LogP contribution is -2.14. The maximum atomic E-state index is 13.6. The van der Waals surface area contributed by atoms with Crippen molar-refractivity contribution < 1.29 is 19.0 Å². The highest BCUT2D eigenvalue weighted by Gasteiger charge is 2.18. The van der Waals surface area contributed by atoms with E-state index in [0.717, 1.165) is 6.07 Å². The van der Waals surface area contributed by atoms with Crippen LogP contribution in [0.25, 0.3) is 0 Å². The Balaban J connectivity index is 2.34. The number of amides is 1. The molecule has 0 unspecified atom stereocenters. The van der Waals surface area contributed by atoms with E-state index in [-0.39, 0.29) is 11.4 Å². The van der Waals surface area contributed by atoms with E-state index in [2.05, 4.69) is 5.32 Å². The van der Waals surface area contributed by atoms with E-state index >= 15 is 0 Å². The summed E-state index contributed by atoms with van der Waals surface area (Å²) >= 11 is 0. The minimum Gasteiger partial charge on any atom is -0.507 e. The number of nitriles is 1. The van der Waals surface area contributed by atoms with Crippen molar-refractivity contribution in [2.45, 2.75) is 0 Å². The van der Waals surface area contributed by atoms with E-state index in [4.69, 9.17) is 10.00 Å². The highest BCUT2D eigenvalue weighted by molar-refractivity contribution is 6.07. The topological polar surface area (TPSA) is 82.3 Å². The molecule has 0 aromatic heterocycles. The first-order chi connectivity index (χ1) is 10.1. The minimum absolute atomic E-state index is 0.262. The minimum atomic E-state index is -0.833. The molecule has 0 radical (unpaired) electrons. The fraction of sp³-hybridized carbons (Fsp3) is 0.0667. The van der Waals surface area contributed by atoms with Gasteiger partial charge in [-0.1, -0.05) is 6.07 Å². The van der Waals surface area contributed by atoms with Gasteiger partial charge in [-0.05, 0) is 24.3 Å². The average Bonchev–Trinajstić information content (AvgIpc) is 2.47. The van der Waals surface area contributed by atoms with E-state index in [1.165, 1.54) is 37.4 Å². The van der Waals surface area contributed by atoms with Crippen molar-refractivity contribution in [3.63, 3.8) is 0 Å². The van der Waals surface area contributed by atoms with Crippen LogP contribution in [0.1, 0.15) is 15.9 Å². The van der Waals surface area contributed by atoms with Gasteiger partial charge in [-0.2, -0.15) is 5.26 Å². The smallest absolute Gasteiger partial charge is 0.262 e. The Labute approximate surface area is 120 Å². The largest absolute Gasteiger partial charge is 0.507 e. The van der Waals surface area contributed by atoms with Gasteiger partial charge in [0.25, 0.3) is 5.91 Å². The molecule has 21 heavy (non-hydrogen) atoms. The highest BCUT2D eigenvalue weighted by atomic mass is 19.1. The lowest BCUT2D eigenvalue weighted by Gasteiger charge is -2.11. The van der Waals surface area contributed by atoms with Gasteiger partial charge in [0, 0.05) is 6.07 Å². The van der Waals surface area contributed by atoms with Gasteiger partial charge in [0.05, 0.1) is 24.4 Å². The van der Waals surface area contributed by atoms with Crippen LogP contribution in [-0.2, 0) is 0 Å². The zero-order valence-corrected chi connectivity index (χ0v) is 11.1. The summed E-state index contributed by atoms with van der Waals surface area (Å²) in [5.41, 5.74) is 0.173. The molecule has 106 valence electrons. The molecule has 1 amide bonds. The van der Waals surface area contributed by atoms with Gasteiger partial charge in [0.2, 0.25) is 0 Å². The molecule has 0 atom stereocenters. The number of carbonyl (C=O) groups excluding carboxylic acids is 1. The SMILES string of the molecule is COc1cc(C#N)ccc1NC(=O)c1c(O)cccc1F. The Kier molecular flexibility index (Phi) is 4.05. The third-order valence-corrected chi connectivity index (χ3v) is 2.80. The average molecular weight is 286 g/mol. The quantitative estimate of drug-likeness (QED) is 0.908. The number of nitrogens with zero attached hydrogens (tertiary/aromatic N) is 1. The van der Waals surface area contributed by atoms with Crippen LogP contribution >= 0.6 is 0 Å². The normalized spacial score (nSPS) is 9.76. The van der Waals surface area contributed by atoms with Crippen LogP contribution in [0, 0.1) is 17.1 Å². The molecule has 2 N–H and O–H groups in total. The number of nitrogens with one attached hydrogen (secondary N) is 1. The molecular weight excluding hydrogens is 275 g/mol. The van der Waals surface area contributed by atoms with Crippen molar-refractivity contribution in [3.8, 4) is 17.6 Å². The molecule has 0 saturated heterocycles. The van der Waals surface area contributed by atoms with Crippen molar-refractivity contribution in [2.75, 3.05) is 12.4 Å². The fourth-order valence-electron chi connectivity index (χ4n) is 1.79. The molecule has 0 aliphatic rings. The third kappa shape index (κ3) is 2.92. The van der Waals surface area contributed by atoms with Crippen LogP contribution in [0.5, 0.6) is 11.5 Å². The van der Waals surface area contributed by atoms with Crippen molar-refractivity contribution in [1.29, 1.82) is 5.26 Å². The van der Waals surface area contributed by atoms with E-state index in [1.54, 1.807) is 0 Å². The molecule has 0 aliphatic heterocycles. The molecule has 6 heteroatoms. The Bertz CT molecular complexity index is 718. The maximum Gasteiger partial charge on any atom is 0.262 e. The number of rotatable bonds is 3. The van der Waals surface area contributed by atoms with Crippen LogP contribution in [0.2, 0.25) is 0 Å². The highest BCUT2D eigenvalue weighted by Crippen LogP contribution is 2.27. The number of hydrogen-bond donors (Lipinski definition) is 2. The Morgan fingerprint density at radius 2 is 2.14 bits per heavy atom. The number of methoxy groups -OCH3 is 1. The molecule has 0 bridgehead atoms. The predicted molar refractivity (Wildman–Crippen MR) is 73.7 cm³/mol. The maximum absolute atomic E-state index is 13.6. The molecule has 2 aromatic rings. The molecule has 2 rings (SSSR count). The summed E-state index contributed by atoms with van der Waals surface area (Å²) in [7, 11) is 1.38. The Morgan fingerprint density at radius 3 is 2.76 bits per heavy atom. The van der Waals surface area contributed by atoms with Gasteiger partial charge in [0.15, 0.2) is 0 Å². The Morgan fingerprint density at radius 1 is 1.38 bits per heavy atom. The van der Waals surface area contributed by atoms with Crippen LogP contribution in [-0.4, -0.2) is 18.1 Å². The summed E-state index contributed by atoms with van der Waals surface area (Å²) < 4.78 is 18.7. The van der Waals surface area contributed by atoms with Gasteiger partial charge in [-0.25, -0.2) is 4.39 Å². The van der Waals surface area contributed by atoms with Crippen LogP contribution < -0.4 is 10.1 Å². The van der Waals surface area contributed by atoms with Gasteiger partial charge < -0.3 is 15.2 Å². The van der Waals surface area contributed by atoms with Crippen molar-refractivity contribution >= 4 is 11.6 Å². The number of phenolic OH excluding ortho intramolecular Hbond substituents is 1. The second kappa shape index (κ2) is 5.92. The molecule has 5 nitrogen and oxygen atoms in total. The number of anilines is 1. The summed E-state index contributed by atoms with van der Waals surface area (Å²) in [6.45, 7) is 0.